The summed E-state index contributed by atoms with van der Waals surface area (Å²) >= 11 is 6.00. The van der Waals surface area contributed by atoms with Crippen LogP contribution in [0.4, 0.5) is 4.79 Å². The number of hydrogen-bond donors (Lipinski definition) is 2. The largest absolute Gasteiger partial charge is 0.334 e. The molecule has 3 aromatic rings. The summed E-state index contributed by atoms with van der Waals surface area (Å²) in [7, 11) is 0. The molecule has 2 N–H and O–H groups in total. The molecule has 140 valence electrons. The van der Waals surface area contributed by atoms with E-state index in [4.69, 9.17) is 11.6 Å². The Kier molecular flexibility index (Phi) is 6.03. The van der Waals surface area contributed by atoms with Crippen LogP contribution in [0.25, 0.3) is 10.9 Å². The number of aromatic amines is 1. The Morgan fingerprint density at radius 2 is 2.04 bits per heavy atom. The normalized spacial score (nSPS) is 10.7. The number of carbonyl (C=O) groups excluding carboxylic acids is 1. The monoisotopic (exact) mass is 385 g/mol. The highest BCUT2D eigenvalue weighted by molar-refractivity contribution is 6.31. The van der Waals surface area contributed by atoms with Gasteiger partial charge in [0, 0.05) is 30.5 Å². The standard InChI is InChI=1S/C19H20ClN5O2/c1-2-9-25(19(27)22-11-13-5-7-21-8-6-13)12-17-23-16-10-14(20)3-4-15(16)18(26)24-17/h3-8,10H,2,9,11-12H2,1H3,(H,22,27)(H,23,24,26). The van der Waals surface area contributed by atoms with E-state index in [1.807, 2.05) is 19.1 Å². The topological polar surface area (TPSA) is 91.0 Å². The molecule has 1 aromatic carbocycles. The van der Waals surface area contributed by atoms with E-state index >= 15 is 0 Å². The van der Waals surface area contributed by atoms with Crippen molar-refractivity contribution in [2.45, 2.75) is 26.4 Å². The zero-order valence-corrected chi connectivity index (χ0v) is 15.7. The zero-order chi connectivity index (χ0) is 19.2. The van der Waals surface area contributed by atoms with Crippen molar-refractivity contribution < 1.29 is 4.79 Å². The lowest BCUT2D eigenvalue weighted by Crippen LogP contribution is -2.40. The number of nitrogens with zero attached hydrogens (tertiary/aromatic N) is 3. The van der Waals surface area contributed by atoms with Crippen LogP contribution in [0.3, 0.4) is 0 Å². The molecular weight excluding hydrogens is 366 g/mol. The highest BCUT2D eigenvalue weighted by atomic mass is 35.5. The zero-order valence-electron chi connectivity index (χ0n) is 14.9. The minimum atomic E-state index is -0.250. The van der Waals surface area contributed by atoms with Crippen molar-refractivity contribution in [1.82, 2.24) is 25.2 Å². The number of carbonyl (C=O) groups is 1. The molecule has 0 aliphatic heterocycles. The molecular formula is C19H20ClN5O2. The molecule has 0 unspecified atom stereocenters. The van der Waals surface area contributed by atoms with Gasteiger partial charge in [-0.25, -0.2) is 9.78 Å². The minimum Gasteiger partial charge on any atom is -0.334 e. The molecule has 2 aromatic heterocycles. The molecule has 2 heterocycles. The summed E-state index contributed by atoms with van der Waals surface area (Å²) < 4.78 is 0. The van der Waals surface area contributed by atoms with Gasteiger partial charge in [0.1, 0.15) is 5.82 Å². The second-order valence-corrected chi connectivity index (χ2v) is 6.55. The van der Waals surface area contributed by atoms with Gasteiger partial charge in [0.2, 0.25) is 0 Å². The highest BCUT2D eigenvalue weighted by Gasteiger charge is 2.15. The first-order valence-corrected chi connectivity index (χ1v) is 9.04. The van der Waals surface area contributed by atoms with Crippen molar-refractivity contribution in [2.75, 3.05) is 6.54 Å². The maximum Gasteiger partial charge on any atom is 0.318 e. The Morgan fingerprint density at radius 1 is 1.26 bits per heavy atom. The van der Waals surface area contributed by atoms with Crippen molar-refractivity contribution in [3.63, 3.8) is 0 Å². The number of rotatable bonds is 6. The summed E-state index contributed by atoms with van der Waals surface area (Å²) in [5.41, 5.74) is 1.22. The fraction of sp³-hybridized carbons (Fsp3) is 0.263. The van der Waals surface area contributed by atoms with E-state index < -0.39 is 0 Å². The van der Waals surface area contributed by atoms with E-state index in [-0.39, 0.29) is 18.1 Å². The second kappa shape index (κ2) is 8.64. The molecule has 27 heavy (non-hydrogen) atoms. The highest BCUT2D eigenvalue weighted by Crippen LogP contribution is 2.15. The molecule has 8 heteroatoms. The van der Waals surface area contributed by atoms with Crippen LogP contribution in [-0.2, 0) is 13.1 Å². The molecule has 0 aliphatic carbocycles. The van der Waals surface area contributed by atoms with Crippen LogP contribution in [0.5, 0.6) is 0 Å². The van der Waals surface area contributed by atoms with Crippen LogP contribution >= 0.6 is 11.6 Å². The molecule has 0 bridgehead atoms. The Bertz CT molecular complexity index is 990. The van der Waals surface area contributed by atoms with E-state index in [9.17, 15) is 9.59 Å². The van der Waals surface area contributed by atoms with Gasteiger partial charge in [0.15, 0.2) is 0 Å². The molecule has 2 amide bonds. The lowest BCUT2D eigenvalue weighted by Gasteiger charge is -2.22. The molecule has 0 atom stereocenters. The Hall–Kier alpha value is -2.93. The Morgan fingerprint density at radius 3 is 2.78 bits per heavy atom. The number of aromatic nitrogens is 3. The van der Waals surface area contributed by atoms with Gasteiger partial charge in [-0.2, -0.15) is 0 Å². The predicted octanol–water partition coefficient (Wildman–Crippen LogP) is 3.09. The van der Waals surface area contributed by atoms with Crippen molar-refractivity contribution in [1.29, 1.82) is 0 Å². The van der Waals surface area contributed by atoms with Gasteiger partial charge in [0.25, 0.3) is 5.56 Å². The summed E-state index contributed by atoms with van der Waals surface area (Å²) in [6.07, 6.45) is 4.15. The van der Waals surface area contributed by atoms with E-state index in [0.717, 1.165) is 12.0 Å². The van der Waals surface area contributed by atoms with Gasteiger partial charge < -0.3 is 15.2 Å². The summed E-state index contributed by atoms with van der Waals surface area (Å²) in [5.74, 6) is 0.419. The van der Waals surface area contributed by atoms with Crippen LogP contribution in [0.1, 0.15) is 24.7 Å². The Labute approximate surface area is 161 Å². The van der Waals surface area contributed by atoms with Crippen molar-refractivity contribution in [3.8, 4) is 0 Å². The number of H-pyrrole nitrogens is 1. The lowest BCUT2D eigenvalue weighted by molar-refractivity contribution is 0.193. The van der Waals surface area contributed by atoms with Gasteiger partial charge in [-0.3, -0.25) is 9.78 Å². The van der Waals surface area contributed by atoms with E-state index in [2.05, 4.69) is 20.3 Å². The first-order chi connectivity index (χ1) is 13.1. The van der Waals surface area contributed by atoms with E-state index in [0.29, 0.717) is 34.8 Å². The minimum absolute atomic E-state index is 0.202. The molecule has 0 fully saturated rings. The predicted molar refractivity (Wildman–Crippen MR) is 105 cm³/mol. The third kappa shape index (κ3) is 4.83. The summed E-state index contributed by atoms with van der Waals surface area (Å²) in [6, 6.07) is 8.40. The molecule has 0 spiro atoms. The molecule has 0 saturated heterocycles. The third-order valence-corrected chi connectivity index (χ3v) is 4.27. The van der Waals surface area contributed by atoms with E-state index in [1.54, 1.807) is 35.5 Å². The molecule has 3 rings (SSSR count). The first-order valence-electron chi connectivity index (χ1n) is 8.67. The fourth-order valence-corrected chi connectivity index (χ4v) is 2.90. The van der Waals surface area contributed by atoms with Gasteiger partial charge >= 0.3 is 6.03 Å². The Balaban J connectivity index is 1.76. The maximum atomic E-state index is 12.6. The number of halogens is 1. The fourth-order valence-electron chi connectivity index (χ4n) is 2.73. The van der Waals surface area contributed by atoms with Gasteiger partial charge in [-0.05, 0) is 42.3 Å². The van der Waals surface area contributed by atoms with Crippen molar-refractivity contribution >= 4 is 28.5 Å². The quantitative estimate of drug-likeness (QED) is 0.682. The van der Waals surface area contributed by atoms with Gasteiger partial charge in [-0.15, -0.1) is 0 Å². The number of hydrogen-bond acceptors (Lipinski definition) is 4. The van der Waals surface area contributed by atoms with Crippen LogP contribution in [0.2, 0.25) is 5.02 Å². The average molecular weight is 386 g/mol. The number of fused-ring (bicyclic) bond motifs is 1. The summed E-state index contributed by atoms with van der Waals surface area (Å²) in [5, 5.41) is 3.85. The lowest BCUT2D eigenvalue weighted by atomic mass is 10.2. The summed E-state index contributed by atoms with van der Waals surface area (Å²) in [4.78, 5) is 37.6. The van der Waals surface area contributed by atoms with Gasteiger partial charge in [-0.1, -0.05) is 18.5 Å². The van der Waals surface area contributed by atoms with Crippen LogP contribution in [0.15, 0.2) is 47.5 Å². The van der Waals surface area contributed by atoms with Gasteiger partial charge in [0.05, 0.1) is 17.4 Å². The summed E-state index contributed by atoms with van der Waals surface area (Å²) in [6.45, 7) is 3.13. The maximum absolute atomic E-state index is 12.6. The average Bonchev–Trinajstić information content (AvgIpc) is 2.66. The third-order valence-electron chi connectivity index (χ3n) is 4.03. The van der Waals surface area contributed by atoms with E-state index in [1.165, 1.54) is 0 Å². The van der Waals surface area contributed by atoms with Crippen LogP contribution in [0, 0.1) is 0 Å². The first kappa shape index (κ1) is 18.8. The van der Waals surface area contributed by atoms with Crippen LogP contribution < -0.4 is 10.9 Å². The molecule has 0 saturated carbocycles. The molecule has 0 radical (unpaired) electrons. The van der Waals surface area contributed by atoms with Crippen LogP contribution in [-0.4, -0.2) is 32.4 Å². The SMILES string of the molecule is CCCN(Cc1nc2cc(Cl)ccc2c(=O)[nH]1)C(=O)NCc1ccncc1. The van der Waals surface area contributed by atoms with Crippen molar-refractivity contribution in [3.05, 3.63) is 69.5 Å². The number of amides is 2. The number of nitrogens with one attached hydrogen (secondary N) is 2. The number of benzene rings is 1. The second-order valence-electron chi connectivity index (χ2n) is 6.11. The smallest absolute Gasteiger partial charge is 0.318 e. The van der Waals surface area contributed by atoms with Crippen molar-refractivity contribution in [2.24, 2.45) is 0 Å². The number of urea groups is 1. The number of pyridine rings is 1. The molecule has 7 nitrogen and oxygen atoms in total. The molecule has 0 aliphatic rings.